The second-order valence-electron chi connectivity index (χ2n) is 5.24. The number of hydroxylamine groups is 1. The topological polar surface area (TPSA) is 120 Å². The molecule has 0 saturated carbocycles. The summed E-state index contributed by atoms with van der Waals surface area (Å²) in [5, 5.41) is 21.2. The maximum Gasteiger partial charge on any atom is 0.293 e. The Kier molecular flexibility index (Phi) is 5.49. The number of hydrogen-bond acceptors (Lipinski definition) is 7. The monoisotopic (exact) mass is 371 g/mol. The fraction of sp³-hybridized carbons (Fsp3) is 0.0588. The van der Waals surface area contributed by atoms with Crippen molar-refractivity contribution in [2.75, 3.05) is 5.32 Å². The zero-order valence-corrected chi connectivity index (χ0v) is 14.1. The largest absolute Gasteiger partial charge is 0.372 e. The molecule has 0 saturated heterocycles. The summed E-state index contributed by atoms with van der Waals surface area (Å²) in [7, 11) is 0. The first-order valence-corrected chi connectivity index (χ1v) is 7.88. The van der Waals surface area contributed by atoms with Crippen LogP contribution in [0.1, 0.15) is 22.4 Å². The minimum Gasteiger partial charge on any atom is -0.372 e. The molecule has 0 bridgehead atoms. The van der Waals surface area contributed by atoms with Crippen LogP contribution in [-0.4, -0.2) is 31.2 Å². The Morgan fingerprint density at radius 1 is 1.12 bits per heavy atom. The van der Waals surface area contributed by atoms with E-state index in [4.69, 9.17) is 16.8 Å². The second-order valence-corrected chi connectivity index (χ2v) is 5.64. The van der Waals surface area contributed by atoms with Gasteiger partial charge in [0.1, 0.15) is 0 Å². The number of benzene rings is 1. The van der Waals surface area contributed by atoms with Gasteiger partial charge in [-0.25, -0.2) is 9.97 Å². The number of rotatable bonds is 5. The average Bonchev–Trinajstić information content (AvgIpc) is 2.69. The van der Waals surface area contributed by atoms with Crippen molar-refractivity contribution >= 4 is 23.2 Å². The van der Waals surface area contributed by atoms with Crippen molar-refractivity contribution in [3.05, 3.63) is 71.4 Å². The third kappa shape index (κ3) is 4.01. The molecule has 0 spiro atoms. The average molecular weight is 372 g/mol. The number of aromatic nitrogens is 3. The zero-order valence-electron chi connectivity index (χ0n) is 13.3. The summed E-state index contributed by atoms with van der Waals surface area (Å²) < 4.78 is 0. The van der Waals surface area contributed by atoms with E-state index in [1.807, 2.05) is 12.1 Å². The van der Waals surface area contributed by atoms with E-state index in [-0.39, 0.29) is 11.4 Å². The fourth-order valence-electron chi connectivity index (χ4n) is 2.18. The van der Waals surface area contributed by atoms with E-state index in [0.717, 1.165) is 0 Å². The number of pyridine rings is 1. The van der Waals surface area contributed by atoms with Crippen LogP contribution < -0.4 is 10.8 Å². The first-order chi connectivity index (χ1) is 12.6. The van der Waals surface area contributed by atoms with Crippen LogP contribution in [0, 0.1) is 0 Å². The van der Waals surface area contributed by atoms with Crippen molar-refractivity contribution in [2.24, 2.45) is 0 Å². The number of nitrogens with one attached hydrogen (secondary N) is 2. The summed E-state index contributed by atoms with van der Waals surface area (Å²) in [6.45, 7) is 0. The van der Waals surface area contributed by atoms with Gasteiger partial charge in [0.15, 0.2) is 6.23 Å². The van der Waals surface area contributed by atoms with Crippen LogP contribution in [0.2, 0.25) is 5.02 Å². The lowest BCUT2D eigenvalue weighted by molar-refractivity contribution is 0.000270. The van der Waals surface area contributed by atoms with Gasteiger partial charge in [0, 0.05) is 35.4 Å². The van der Waals surface area contributed by atoms with Gasteiger partial charge in [-0.2, -0.15) is 5.48 Å². The Balaban J connectivity index is 1.79. The number of carbonyl (C=O) groups excluding carboxylic acids is 1. The zero-order chi connectivity index (χ0) is 18.5. The molecule has 9 heteroatoms. The summed E-state index contributed by atoms with van der Waals surface area (Å²) in [4.78, 5) is 24.3. The van der Waals surface area contributed by atoms with Crippen LogP contribution in [0.3, 0.4) is 0 Å². The van der Waals surface area contributed by atoms with E-state index in [9.17, 15) is 9.90 Å². The van der Waals surface area contributed by atoms with Crippen molar-refractivity contribution in [3.63, 3.8) is 0 Å². The van der Waals surface area contributed by atoms with Gasteiger partial charge < -0.3 is 15.6 Å². The van der Waals surface area contributed by atoms with Gasteiger partial charge in [-0.3, -0.25) is 9.78 Å². The summed E-state index contributed by atoms with van der Waals surface area (Å²) in [6, 6.07) is 10.5. The van der Waals surface area contributed by atoms with E-state index in [1.165, 1.54) is 12.4 Å². The lowest BCUT2D eigenvalue weighted by Gasteiger charge is -2.10. The molecule has 0 aliphatic carbocycles. The Morgan fingerprint density at radius 2 is 1.88 bits per heavy atom. The van der Waals surface area contributed by atoms with Gasteiger partial charge in [0.05, 0.1) is 10.7 Å². The maximum absolute atomic E-state index is 12.3. The third-order valence-corrected chi connectivity index (χ3v) is 3.81. The molecule has 1 amide bonds. The second kappa shape index (κ2) is 7.98. The number of nitrogens with zero attached hydrogens (tertiary/aromatic N) is 3. The summed E-state index contributed by atoms with van der Waals surface area (Å²) in [5.41, 5.74) is 3.73. The number of halogens is 1. The van der Waals surface area contributed by atoms with E-state index in [0.29, 0.717) is 22.0 Å². The van der Waals surface area contributed by atoms with Crippen LogP contribution in [0.15, 0.2) is 55.0 Å². The molecule has 3 rings (SSSR count). The number of aliphatic hydroxyl groups is 1. The van der Waals surface area contributed by atoms with Crippen LogP contribution in [-0.2, 0) is 0 Å². The molecule has 26 heavy (non-hydrogen) atoms. The molecular formula is C17H14ClN5O3. The molecule has 1 unspecified atom stereocenters. The van der Waals surface area contributed by atoms with Gasteiger partial charge in [0.25, 0.3) is 5.91 Å². The highest BCUT2D eigenvalue weighted by atomic mass is 35.5. The van der Waals surface area contributed by atoms with Crippen molar-refractivity contribution in [1.29, 1.82) is 0 Å². The van der Waals surface area contributed by atoms with Crippen molar-refractivity contribution < 1.29 is 15.1 Å². The highest BCUT2D eigenvalue weighted by molar-refractivity contribution is 6.33. The Labute approximate surface area is 153 Å². The smallest absolute Gasteiger partial charge is 0.293 e. The normalized spacial score (nSPS) is 11.8. The molecule has 3 aromatic rings. The van der Waals surface area contributed by atoms with Crippen LogP contribution in [0.4, 0.5) is 5.69 Å². The van der Waals surface area contributed by atoms with E-state index >= 15 is 0 Å². The molecule has 0 aliphatic rings. The number of carbonyl (C=O) groups is 1. The summed E-state index contributed by atoms with van der Waals surface area (Å²) in [5.74, 6) is -0.620. The van der Waals surface area contributed by atoms with Crippen molar-refractivity contribution in [3.8, 4) is 11.3 Å². The molecule has 132 valence electrons. The predicted octanol–water partition coefficient (Wildman–Crippen LogP) is 2.41. The molecule has 4 N–H and O–H groups in total. The third-order valence-electron chi connectivity index (χ3n) is 3.48. The number of hydrogen-bond donors (Lipinski definition) is 4. The first-order valence-electron chi connectivity index (χ1n) is 7.50. The van der Waals surface area contributed by atoms with Gasteiger partial charge in [-0.1, -0.05) is 17.7 Å². The van der Waals surface area contributed by atoms with Crippen molar-refractivity contribution in [2.45, 2.75) is 6.23 Å². The Hall–Kier alpha value is -2.91. The number of aliphatic hydroxyl groups excluding tert-OH is 1. The minimum atomic E-state index is -1.33. The van der Waals surface area contributed by atoms with Gasteiger partial charge in [0.2, 0.25) is 5.82 Å². The quantitative estimate of drug-likeness (QED) is 0.401. The molecule has 1 aromatic carbocycles. The molecule has 0 aliphatic heterocycles. The van der Waals surface area contributed by atoms with Gasteiger partial charge in [-0.15, -0.1) is 0 Å². The summed E-state index contributed by atoms with van der Waals surface area (Å²) >= 11 is 6.22. The molecule has 2 heterocycles. The van der Waals surface area contributed by atoms with Gasteiger partial charge >= 0.3 is 0 Å². The Bertz CT molecular complexity index is 906. The van der Waals surface area contributed by atoms with Crippen LogP contribution >= 0.6 is 11.6 Å². The molecule has 8 nitrogen and oxygen atoms in total. The summed E-state index contributed by atoms with van der Waals surface area (Å²) in [6.07, 6.45) is 2.79. The lowest BCUT2D eigenvalue weighted by atomic mass is 10.1. The lowest BCUT2D eigenvalue weighted by Crippen LogP contribution is -2.19. The molecule has 2 aromatic heterocycles. The number of amides is 1. The minimum absolute atomic E-state index is 0.0896. The van der Waals surface area contributed by atoms with Crippen LogP contribution in [0.25, 0.3) is 11.3 Å². The SMILES string of the molecule is O=C(Nc1ccc(Cl)c(-c2ccccn2)c1)c1ncc(C(O)NO)cn1. The van der Waals surface area contributed by atoms with Crippen molar-refractivity contribution in [1.82, 2.24) is 20.4 Å². The van der Waals surface area contributed by atoms with E-state index < -0.39 is 12.1 Å². The number of anilines is 1. The van der Waals surface area contributed by atoms with Crippen LogP contribution in [0.5, 0.6) is 0 Å². The molecular weight excluding hydrogens is 358 g/mol. The van der Waals surface area contributed by atoms with E-state index in [2.05, 4.69) is 20.3 Å². The maximum atomic E-state index is 12.3. The standard InChI is InChI=1S/C17H14ClN5O3/c18-13-5-4-11(7-12(13)14-3-1-2-6-19-14)22-17(25)15-20-8-10(9-21-15)16(24)23-26/h1-9,16,23-24,26H,(H,22,25). The highest BCUT2D eigenvalue weighted by Gasteiger charge is 2.13. The highest BCUT2D eigenvalue weighted by Crippen LogP contribution is 2.29. The molecule has 1 atom stereocenters. The van der Waals surface area contributed by atoms with Gasteiger partial charge in [-0.05, 0) is 30.3 Å². The molecule has 0 radical (unpaired) electrons. The molecule has 0 fully saturated rings. The first kappa shape index (κ1) is 17.9. The van der Waals surface area contributed by atoms with E-state index in [1.54, 1.807) is 35.9 Å². The fourth-order valence-corrected chi connectivity index (χ4v) is 2.39. The predicted molar refractivity (Wildman–Crippen MR) is 94.6 cm³/mol. The Morgan fingerprint density at radius 3 is 2.54 bits per heavy atom.